The molecule has 2 aromatic heterocycles. The number of hydrogen-bond acceptors (Lipinski definition) is 2. The molecule has 4 aliphatic rings. The Kier molecular flexibility index (Phi) is 5.36. The summed E-state index contributed by atoms with van der Waals surface area (Å²) in [6.45, 7) is 2.04. The monoisotopic (exact) mass is 460 g/mol. The summed E-state index contributed by atoms with van der Waals surface area (Å²) in [5, 5.41) is 0.617. The van der Waals surface area contributed by atoms with E-state index >= 15 is 0 Å². The number of Topliss-reactive ketones (excluding diaryl/α,β-unsaturated/α-hetero) is 1. The van der Waals surface area contributed by atoms with E-state index in [2.05, 4.69) is 29.2 Å². The fraction of sp³-hybridized carbons (Fsp3) is 0.517. The Morgan fingerprint density at radius 1 is 1.00 bits per heavy atom. The van der Waals surface area contributed by atoms with E-state index in [-0.39, 0.29) is 5.78 Å². The third-order valence-corrected chi connectivity index (χ3v) is 8.89. The van der Waals surface area contributed by atoms with E-state index < -0.39 is 0 Å². The predicted molar refractivity (Wildman–Crippen MR) is 133 cm³/mol. The highest BCUT2D eigenvalue weighted by atomic mass is 35.5. The second-order valence-electron chi connectivity index (χ2n) is 11.2. The molecule has 0 spiro atoms. The average molecular weight is 461 g/mol. The summed E-state index contributed by atoms with van der Waals surface area (Å²) >= 11 is 6.19. The van der Waals surface area contributed by atoms with Crippen molar-refractivity contribution >= 4 is 23.0 Å². The Morgan fingerprint density at radius 2 is 1.64 bits per heavy atom. The van der Waals surface area contributed by atoms with Gasteiger partial charge in [-0.2, -0.15) is 0 Å². The standard InChI is InChI=1S/C29H33ClN2O/c1-2-25-28(32-18-24(30)8-10-27(32)31-25)26(33)9-7-19-3-5-20(6-4-19)14-29-15-21-11-22(16-29)13-23(12-21)17-29/h3-6,8,10,18,21-23H,2,7,9,11-17H2,1H3. The fourth-order valence-corrected chi connectivity index (χ4v) is 7.91. The Labute approximate surface area is 201 Å². The van der Waals surface area contributed by atoms with Crippen molar-refractivity contribution in [2.75, 3.05) is 0 Å². The SMILES string of the molecule is CCc1nc2ccc(Cl)cn2c1C(=O)CCc1ccc(CC23CC4CC(CC(C4)C2)C3)cc1. The first-order valence-electron chi connectivity index (χ1n) is 12.8. The highest BCUT2D eigenvalue weighted by Crippen LogP contribution is 2.61. The van der Waals surface area contributed by atoms with Crippen LogP contribution in [0.1, 0.15) is 79.2 Å². The molecule has 7 rings (SSSR count). The number of benzene rings is 1. The molecule has 0 saturated heterocycles. The van der Waals surface area contributed by atoms with E-state index in [0.29, 0.717) is 22.6 Å². The summed E-state index contributed by atoms with van der Waals surface area (Å²) in [7, 11) is 0. The van der Waals surface area contributed by atoms with Gasteiger partial charge in [0.25, 0.3) is 0 Å². The second kappa shape index (κ2) is 8.27. The van der Waals surface area contributed by atoms with Crippen LogP contribution in [0.15, 0.2) is 42.6 Å². The second-order valence-corrected chi connectivity index (χ2v) is 11.6. The van der Waals surface area contributed by atoms with Gasteiger partial charge in [-0.25, -0.2) is 4.98 Å². The molecule has 4 heteroatoms. The van der Waals surface area contributed by atoms with Crippen LogP contribution in [-0.4, -0.2) is 15.2 Å². The highest BCUT2D eigenvalue weighted by molar-refractivity contribution is 6.30. The number of carbonyl (C=O) groups is 1. The molecule has 172 valence electrons. The van der Waals surface area contributed by atoms with Gasteiger partial charge in [0, 0.05) is 12.6 Å². The number of nitrogens with zero attached hydrogens (tertiary/aromatic N) is 2. The van der Waals surface area contributed by atoms with Gasteiger partial charge in [-0.1, -0.05) is 42.8 Å². The summed E-state index contributed by atoms with van der Waals surface area (Å²) in [5.41, 5.74) is 5.63. The number of carbonyl (C=O) groups excluding carboxylic acids is 1. The number of halogens is 1. The predicted octanol–water partition coefficient (Wildman–Crippen LogP) is 7.12. The van der Waals surface area contributed by atoms with Crippen LogP contribution < -0.4 is 0 Å². The Hall–Kier alpha value is -2.13. The summed E-state index contributed by atoms with van der Waals surface area (Å²) in [6, 6.07) is 12.8. The molecule has 0 N–H and O–H groups in total. The van der Waals surface area contributed by atoms with Gasteiger partial charge in [0.1, 0.15) is 11.3 Å². The maximum atomic E-state index is 13.2. The largest absolute Gasteiger partial charge is 0.295 e. The molecule has 0 aliphatic heterocycles. The minimum Gasteiger partial charge on any atom is -0.295 e. The van der Waals surface area contributed by atoms with Gasteiger partial charge in [0.2, 0.25) is 0 Å². The van der Waals surface area contributed by atoms with Crippen LogP contribution in [0.4, 0.5) is 0 Å². The number of imidazole rings is 1. The van der Waals surface area contributed by atoms with Crippen molar-refractivity contribution in [3.05, 3.63) is 70.1 Å². The van der Waals surface area contributed by atoms with Crippen LogP contribution in [0.25, 0.3) is 5.65 Å². The van der Waals surface area contributed by atoms with Crippen molar-refractivity contribution in [3.63, 3.8) is 0 Å². The maximum absolute atomic E-state index is 13.2. The number of aromatic nitrogens is 2. The van der Waals surface area contributed by atoms with Crippen LogP contribution in [0, 0.1) is 23.2 Å². The first-order chi connectivity index (χ1) is 16.0. The first-order valence-corrected chi connectivity index (χ1v) is 13.2. The molecular formula is C29H33ClN2O. The maximum Gasteiger partial charge on any atom is 0.181 e. The molecular weight excluding hydrogens is 428 g/mol. The number of hydrogen-bond donors (Lipinski definition) is 0. The molecule has 0 amide bonds. The van der Waals surface area contributed by atoms with Gasteiger partial charge in [0.05, 0.1) is 10.7 Å². The molecule has 1 aromatic carbocycles. The summed E-state index contributed by atoms with van der Waals surface area (Å²) < 4.78 is 1.86. The molecule has 3 aromatic rings. The van der Waals surface area contributed by atoms with Crippen LogP contribution in [-0.2, 0) is 19.3 Å². The van der Waals surface area contributed by atoms with Gasteiger partial charge in [-0.05, 0) is 104 Å². The van der Waals surface area contributed by atoms with E-state index in [1.54, 1.807) is 6.20 Å². The van der Waals surface area contributed by atoms with Crippen LogP contribution >= 0.6 is 11.6 Å². The number of rotatable bonds is 7. The van der Waals surface area contributed by atoms with Gasteiger partial charge in [0.15, 0.2) is 5.78 Å². The van der Waals surface area contributed by atoms with E-state index in [1.807, 2.05) is 23.5 Å². The molecule has 0 unspecified atom stereocenters. The Balaban J connectivity index is 1.13. The summed E-state index contributed by atoms with van der Waals surface area (Å²) in [6.07, 6.45) is 13.9. The van der Waals surface area contributed by atoms with Crippen molar-refractivity contribution < 1.29 is 4.79 Å². The van der Waals surface area contributed by atoms with Crippen LogP contribution in [0.3, 0.4) is 0 Å². The normalized spacial score (nSPS) is 28.0. The number of pyridine rings is 1. The van der Waals surface area contributed by atoms with Gasteiger partial charge in [-0.3, -0.25) is 9.20 Å². The van der Waals surface area contributed by atoms with Crippen molar-refractivity contribution in [2.45, 2.75) is 71.1 Å². The molecule has 4 saturated carbocycles. The Morgan fingerprint density at radius 3 is 2.27 bits per heavy atom. The van der Waals surface area contributed by atoms with Gasteiger partial charge >= 0.3 is 0 Å². The zero-order valence-corrected chi connectivity index (χ0v) is 20.3. The molecule has 0 radical (unpaired) electrons. The average Bonchev–Trinajstić information content (AvgIpc) is 3.15. The highest BCUT2D eigenvalue weighted by Gasteiger charge is 2.50. The number of fused-ring (bicyclic) bond motifs is 1. The lowest BCUT2D eigenvalue weighted by molar-refractivity contribution is -0.0521. The lowest BCUT2D eigenvalue weighted by Crippen LogP contribution is -2.47. The van der Waals surface area contributed by atoms with Crippen molar-refractivity contribution in [1.82, 2.24) is 9.38 Å². The molecule has 4 aliphatic carbocycles. The molecule has 0 atom stereocenters. The molecule has 4 fully saturated rings. The molecule has 3 nitrogen and oxygen atoms in total. The third-order valence-electron chi connectivity index (χ3n) is 8.66. The molecule has 2 heterocycles. The van der Waals surface area contributed by atoms with E-state index in [0.717, 1.165) is 41.9 Å². The van der Waals surface area contributed by atoms with Crippen molar-refractivity contribution in [1.29, 1.82) is 0 Å². The topological polar surface area (TPSA) is 34.4 Å². The van der Waals surface area contributed by atoms with E-state index in [1.165, 1.54) is 56.1 Å². The smallest absolute Gasteiger partial charge is 0.181 e. The zero-order chi connectivity index (χ0) is 22.6. The third kappa shape index (κ3) is 4.03. The summed E-state index contributed by atoms with van der Waals surface area (Å²) in [4.78, 5) is 17.8. The fourth-order valence-electron chi connectivity index (χ4n) is 7.75. The quantitative estimate of drug-likeness (QED) is 0.351. The van der Waals surface area contributed by atoms with Crippen LogP contribution in [0.2, 0.25) is 5.02 Å². The minimum absolute atomic E-state index is 0.138. The summed E-state index contributed by atoms with van der Waals surface area (Å²) in [5.74, 6) is 3.15. The molecule has 33 heavy (non-hydrogen) atoms. The lowest BCUT2D eigenvalue weighted by atomic mass is 9.48. The number of ketones is 1. The number of aryl methyl sites for hydroxylation is 2. The lowest BCUT2D eigenvalue weighted by Gasteiger charge is -2.57. The first kappa shape index (κ1) is 21.4. The van der Waals surface area contributed by atoms with Gasteiger partial charge < -0.3 is 0 Å². The zero-order valence-electron chi connectivity index (χ0n) is 19.5. The minimum atomic E-state index is 0.138. The Bertz CT molecular complexity index is 1160. The van der Waals surface area contributed by atoms with Crippen LogP contribution in [0.5, 0.6) is 0 Å². The van der Waals surface area contributed by atoms with Gasteiger partial charge in [-0.15, -0.1) is 0 Å². The van der Waals surface area contributed by atoms with E-state index in [9.17, 15) is 4.79 Å². The molecule has 4 bridgehead atoms. The van der Waals surface area contributed by atoms with Crippen molar-refractivity contribution in [2.24, 2.45) is 23.2 Å². The van der Waals surface area contributed by atoms with Crippen molar-refractivity contribution in [3.8, 4) is 0 Å². The van der Waals surface area contributed by atoms with E-state index in [4.69, 9.17) is 11.6 Å².